The topological polar surface area (TPSA) is 78.7 Å². The summed E-state index contributed by atoms with van der Waals surface area (Å²) in [6, 6.07) is 19.3. The van der Waals surface area contributed by atoms with Crippen LogP contribution >= 0.6 is 0 Å². The molecule has 0 heterocycles. The number of benzene rings is 3. The van der Waals surface area contributed by atoms with Gasteiger partial charge in [0.2, 0.25) is 0 Å². The largest absolute Gasteiger partial charge is 0.496 e. The second kappa shape index (κ2) is 10.4. The Morgan fingerprint density at radius 1 is 1.03 bits per heavy atom. The molecule has 0 bridgehead atoms. The number of nitro groups is 1. The summed E-state index contributed by atoms with van der Waals surface area (Å²) in [5, 5.41) is 11.2. The van der Waals surface area contributed by atoms with E-state index in [2.05, 4.69) is 13.8 Å². The monoisotopic (exact) mass is 431 g/mol. The molecular weight excluding hydrogens is 406 g/mol. The third-order valence-corrected chi connectivity index (χ3v) is 5.04. The molecule has 0 aromatic heterocycles. The van der Waals surface area contributed by atoms with Gasteiger partial charge in [-0.25, -0.2) is 0 Å². The number of methoxy groups -OCH3 is 1. The van der Waals surface area contributed by atoms with Crippen molar-refractivity contribution in [3.05, 3.63) is 105 Å². The van der Waals surface area contributed by atoms with E-state index in [1.807, 2.05) is 36.4 Å². The number of ketones is 1. The molecule has 3 rings (SSSR count). The fraction of sp³-hybridized carbons (Fsp3) is 0.192. The molecule has 0 aliphatic rings. The number of hydrogen-bond donors (Lipinski definition) is 0. The van der Waals surface area contributed by atoms with Gasteiger partial charge in [-0.05, 0) is 41.3 Å². The lowest BCUT2D eigenvalue weighted by Crippen LogP contribution is -2.01. The van der Waals surface area contributed by atoms with Crippen LogP contribution in [-0.2, 0) is 6.61 Å². The first-order chi connectivity index (χ1) is 15.4. The van der Waals surface area contributed by atoms with Crippen molar-refractivity contribution in [2.75, 3.05) is 7.11 Å². The number of nitro benzene ring substituents is 1. The van der Waals surface area contributed by atoms with Gasteiger partial charge in [0.25, 0.3) is 0 Å². The normalized spacial score (nSPS) is 11.0. The van der Waals surface area contributed by atoms with Crippen LogP contribution in [0.4, 0.5) is 5.69 Å². The lowest BCUT2D eigenvalue weighted by Gasteiger charge is -2.11. The van der Waals surface area contributed by atoms with Gasteiger partial charge in [0, 0.05) is 17.2 Å². The first kappa shape index (κ1) is 22.7. The van der Waals surface area contributed by atoms with E-state index in [4.69, 9.17) is 9.47 Å². The minimum absolute atomic E-state index is 0.0836. The van der Waals surface area contributed by atoms with Gasteiger partial charge in [-0.1, -0.05) is 62.4 Å². The van der Waals surface area contributed by atoms with Gasteiger partial charge < -0.3 is 9.47 Å². The minimum atomic E-state index is -0.481. The van der Waals surface area contributed by atoms with Crippen LogP contribution in [-0.4, -0.2) is 17.8 Å². The number of carbonyl (C=O) groups excluding carboxylic acids is 1. The molecule has 6 nitrogen and oxygen atoms in total. The zero-order chi connectivity index (χ0) is 23.1. The van der Waals surface area contributed by atoms with Crippen molar-refractivity contribution in [3.8, 4) is 11.5 Å². The zero-order valence-corrected chi connectivity index (χ0v) is 18.3. The Morgan fingerprint density at radius 2 is 1.75 bits per heavy atom. The predicted molar refractivity (Wildman–Crippen MR) is 124 cm³/mol. The molecule has 0 aliphatic heterocycles. The third-order valence-electron chi connectivity index (χ3n) is 5.04. The molecule has 0 saturated heterocycles. The molecule has 0 N–H and O–H groups in total. The summed E-state index contributed by atoms with van der Waals surface area (Å²) in [7, 11) is 1.55. The fourth-order valence-electron chi connectivity index (χ4n) is 3.20. The van der Waals surface area contributed by atoms with Gasteiger partial charge in [0.05, 0.1) is 12.0 Å². The quantitative estimate of drug-likeness (QED) is 0.174. The Kier molecular flexibility index (Phi) is 7.39. The lowest BCUT2D eigenvalue weighted by molar-refractivity contribution is -0.385. The maximum atomic E-state index is 12.5. The second-order valence-electron chi connectivity index (χ2n) is 7.56. The Labute approximate surface area is 187 Å². The van der Waals surface area contributed by atoms with Crippen LogP contribution in [0.1, 0.15) is 46.8 Å². The smallest absolute Gasteiger partial charge is 0.310 e. The fourth-order valence-corrected chi connectivity index (χ4v) is 3.20. The minimum Gasteiger partial charge on any atom is -0.496 e. The number of nitrogens with zero attached hydrogens (tertiary/aromatic N) is 1. The summed E-state index contributed by atoms with van der Waals surface area (Å²) in [6.45, 7) is 4.30. The van der Waals surface area contributed by atoms with Gasteiger partial charge in [0.1, 0.15) is 12.4 Å². The van der Waals surface area contributed by atoms with Crippen LogP contribution in [0.15, 0.2) is 72.8 Å². The van der Waals surface area contributed by atoms with Crippen LogP contribution in [0.5, 0.6) is 11.5 Å². The summed E-state index contributed by atoms with van der Waals surface area (Å²) in [4.78, 5) is 23.2. The van der Waals surface area contributed by atoms with Gasteiger partial charge in [-0.15, -0.1) is 0 Å². The number of hydrogen-bond acceptors (Lipinski definition) is 5. The molecule has 6 heteroatoms. The van der Waals surface area contributed by atoms with E-state index in [1.54, 1.807) is 37.5 Å². The number of para-hydroxylation sites is 2. The lowest BCUT2D eigenvalue weighted by atomic mass is 10.00. The average molecular weight is 431 g/mol. The van der Waals surface area contributed by atoms with E-state index >= 15 is 0 Å². The van der Waals surface area contributed by atoms with Crippen molar-refractivity contribution in [2.45, 2.75) is 26.4 Å². The highest BCUT2D eigenvalue weighted by Gasteiger charge is 2.14. The van der Waals surface area contributed by atoms with E-state index in [1.165, 1.54) is 17.7 Å². The van der Waals surface area contributed by atoms with Gasteiger partial charge in [0.15, 0.2) is 11.5 Å². The summed E-state index contributed by atoms with van der Waals surface area (Å²) in [5.41, 5.74) is 3.21. The molecule has 0 saturated carbocycles. The van der Waals surface area contributed by atoms with Gasteiger partial charge in [-0.3, -0.25) is 14.9 Å². The summed E-state index contributed by atoms with van der Waals surface area (Å²) < 4.78 is 11.1. The van der Waals surface area contributed by atoms with Crippen molar-refractivity contribution in [2.24, 2.45) is 0 Å². The molecule has 164 valence electrons. The van der Waals surface area contributed by atoms with E-state index in [9.17, 15) is 14.9 Å². The molecule has 0 amide bonds. The van der Waals surface area contributed by atoms with Crippen molar-refractivity contribution in [1.82, 2.24) is 0 Å². The average Bonchev–Trinajstić information content (AvgIpc) is 2.81. The third kappa shape index (κ3) is 5.60. The first-order valence-electron chi connectivity index (χ1n) is 10.2. The summed E-state index contributed by atoms with van der Waals surface area (Å²) in [6.07, 6.45) is 3.26. The predicted octanol–water partition coefficient (Wildman–Crippen LogP) is 6.20. The van der Waals surface area contributed by atoms with Crippen LogP contribution in [0.25, 0.3) is 6.08 Å². The molecule has 3 aromatic carbocycles. The number of carbonyl (C=O) groups is 1. The van der Waals surface area contributed by atoms with Crippen molar-refractivity contribution >= 4 is 17.5 Å². The molecule has 0 aliphatic carbocycles. The first-order valence-corrected chi connectivity index (χ1v) is 10.2. The van der Waals surface area contributed by atoms with Crippen LogP contribution < -0.4 is 9.47 Å². The molecule has 3 aromatic rings. The summed E-state index contributed by atoms with van der Waals surface area (Å²) >= 11 is 0. The Balaban J connectivity index is 1.75. The van der Waals surface area contributed by atoms with Crippen molar-refractivity contribution in [3.63, 3.8) is 0 Å². The number of allylic oxidation sites excluding steroid dienone is 1. The van der Waals surface area contributed by atoms with Gasteiger partial charge in [-0.2, -0.15) is 0 Å². The van der Waals surface area contributed by atoms with Crippen LogP contribution in [0, 0.1) is 10.1 Å². The zero-order valence-electron chi connectivity index (χ0n) is 18.3. The number of rotatable bonds is 9. The van der Waals surface area contributed by atoms with Crippen LogP contribution in [0.3, 0.4) is 0 Å². The maximum absolute atomic E-state index is 12.5. The SMILES string of the molecule is COc1ccc(/C=C/C(=O)c2ccc(C(C)C)cc2)cc1COc1ccccc1[N+](=O)[O-]. The molecule has 0 atom stereocenters. The van der Waals surface area contributed by atoms with E-state index < -0.39 is 4.92 Å². The molecule has 0 radical (unpaired) electrons. The van der Waals surface area contributed by atoms with Gasteiger partial charge >= 0.3 is 5.69 Å². The Hall–Kier alpha value is -3.93. The molecule has 0 spiro atoms. The van der Waals surface area contributed by atoms with Crippen molar-refractivity contribution < 1.29 is 19.2 Å². The van der Waals surface area contributed by atoms with E-state index in [0.717, 1.165) is 5.56 Å². The molecule has 0 fully saturated rings. The standard InChI is InChI=1S/C26H25NO5/c1-18(2)20-10-12-21(13-11-20)24(28)14-8-19-9-15-25(31-3)22(16-19)17-32-26-7-5-4-6-23(26)27(29)30/h4-16,18H,17H2,1-3H3/b14-8+. The molecular formula is C26H25NO5. The maximum Gasteiger partial charge on any atom is 0.310 e. The van der Waals surface area contributed by atoms with E-state index in [0.29, 0.717) is 22.8 Å². The highest BCUT2D eigenvalue weighted by molar-refractivity contribution is 6.06. The molecule has 0 unspecified atom stereocenters. The highest BCUT2D eigenvalue weighted by atomic mass is 16.6. The number of ether oxygens (including phenoxy) is 2. The van der Waals surface area contributed by atoms with E-state index in [-0.39, 0.29) is 23.8 Å². The van der Waals surface area contributed by atoms with Crippen LogP contribution in [0.2, 0.25) is 0 Å². The molecule has 32 heavy (non-hydrogen) atoms. The Morgan fingerprint density at radius 3 is 2.41 bits per heavy atom. The Bertz CT molecular complexity index is 1130. The van der Waals surface area contributed by atoms with Crippen molar-refractivity contribution in [1.29, 1.82) is 0 Å². The summed E-state index contributed by atoms with van der Waals surface area (Å²) in [5.74, 6) is 1.10. The highest BCUT2D eigenvalue weighted by Crippen LogP contribution is 2.29. The second-order valence-corrected chi connectivity index (χ2v) is 7.56.